The molecule has 0 aliphatic carbocycles. The second-order valence-electron chi connectivity index (χ2n) is 6.15. The molecule has 5 nitrogen and oxygen atoms in total. The fourth-order valence-electron chi connectivity index (χ4n) is 2.46. The van der Waals surface area contributed by atoms with Crippen LogP contribution < -0.4 is 5.32 Å². The quantitative estimate of drug-likeness (QED) is 0.519. The molecule has 0 saturated heterocycles. The number of aromatic nitrogens is 2. The molecule has 3 rings (SSSR count). The first-order valence-electron chi connectivity index (χ1n) is 8.67. The summed E-state index contributed by atoms with van der Waals surface area (Å²) in [6, 6.07) is 15.1. The largest absolute Gasteiger partial charge is 0.411 e. The summed E-state index contributed by atoms with van der Waals surface area (Å²) < 4.78 is 5.58. The molecule has 0 bridgehead atoms. The van der Waals surface area contributed by atoms with Crippen LogP contribution in [0.3, 0.4) is 0 Å². The molecule has 1 amide bonds. The smallest absolute Gasteiger partial charge is 0.277 e. The van der Waals surface area contributed by atoms with Crippen molar-refractivity contribution in [2.45, 2.75) is 31.4 Å². The van der Waals surface area contributed by atoms with Gasteiger partial charge in [0, 0.05) is 16.3 Å². The van der Waals surface area contributed by atoms with Gasteiger partial charge in [0.25, 0.3) is 5.22 Å². The third-order valence-corrected chi connectivity index (χ3v) is 5.23. The van der Waals surface area contributed by atoms with Crippen molar-refractivity contribution in [3.63, 3.8) is 0 Å². The van der Waals surface area contributed by atoms with Crippen molar-refractivity contribution in [3.05, 3.63) is 59.1 Å². The second kappa shape index (κ2) is 9.06. The predicted octanol–water partition coefficient (Wildman–Crippen LogP) is 5.63. The van der Waals surface area contributed by atoms with E-state index in [1.165, 1.54) is 17.3 Å². The van der Waals surface area contributed by atoms with Crippen molar-refractivity contribution in [1.29, 1.82) is 0 Å². The summed E-state index contributed by atoms with van der Waals surface area (Å²) in [7, 11) is 0. The lowest BCUT2D eigenvalue weighted by atomic mass is 9.99. The Morgan fingerprint density at radius 3 is 2.70 bits per heavy atom. The van der Waals surface area contributed by atoms with Crippen molar-refractivity contribution in [2.75, 3.05) is 11.1 Å². The van der Waals surface area contributed by atoms with E-state index in [2.05, 4.69) is 29.4 Å². The van der Waals surface area contributed by atoms with E-state index in [1.807, 2.05) is 36.4 Å². The van der Waals surface area contributed by atoms with Gasteiger partial charge in [0.1, 0.15) is 0 Å². The second-order valence-corrected chi connectivity index (χ2v) is 7.51. The molecule has 0 radical (unpaired) electrons. The van der Waals surface area contributed by atoms with E-state index >= 15 is 0 Å². The first-order valence-corrected chi connectivity index (χ1v) is 10.0. The molecule has 1 heterocycles. The normalized spacial score (nSPS) is 12.0. The van der Waals surface area contributed by atoms with Gasteiger partial charge in [-0.05, 0) is 48.2 Å². The molecule has 0 saturated carbocycles. The maximum atomic E-state index is 12.1. The average Bonchev–Trinajstić information content (AvgIpc) is 3.15. The van der Waals surface area contributed by atoms with Crippen LogP contribution in [0.2, 0.25) is 5.02 Å². The Morgan fingerprint density at radius 1 is 1.22 bits per heavy atom. The van der Waals surface area contributed by atoms with Gasteiger partial charge in [-0.2, -0.15) is 0 Å². The van der Waals surface area contributed by atoms with E-state index in [4.69, 9.17) is 16.0 Å². The number of nitrogens with zero attached hydrogens (tertiary/aromatic N) is 2. The highest BCUT2D eigenvalue weighted by Crippen LogP contribution is 2.25. The average molecular weight is 402 g/mol. The van der Waals surface area contributed by atoms with Crippen molar-refractivity contribution in [2.24, 2.45) is 0 Å². The minimum atomic E-state index is -0.126. The van der Waals surface area contributed by atoms with Crippen LogP contribution in [0, 0.1) is 0 Å². The predicted molar refractivity (Wildman–Crippen MR) is 109 cm³/mol. The Bertz CT molecular complexity index is 912. The molecule has 3 aromatic rings. The maximum absolute atomic E-state index is 12.1. The standard InChI is InChI=1S/C20H20ClN3O2S/c1-3-13(2)14-7-9-17(10-8-14)22-18(25)12-27-20-24-23-19(26-20)15-5-4-6-16(21)11-15/h4-11,13H,3,12H2,1-2H3,(H,22,25)/t13-/m0/s1. The van der Waals surface area contributed by atoms with E-state index in [-0.39, 0.29) is 11.7 Å². The molecular formula is C20H20ClN3O2S. The zero-order valence-electron chi connectivity index (χ0n) is 15.1. The molecule has 0 aliphatic rings. The minimum absolute atomic E-state index is 0.126. The number of amides is 1. The Labute approximate surface area is 167 Å². The first-order chi connectivity index (χ1) is 13.0. The van der Waals surface area contributed by atoms with Crippen molar-refractivity contribution in [1.82, 2.24) is 10.2 Å². The van der Waals surface area contributed by atoms with Crippen LogP contribution in [0.1, 0.15) is 31.7 Å². The number of rotatable bonds is 7. The summed E-state index contributed by atoms with van der Waals surface area (Å²) in [4.78, 5) is 12.1. The Hall–Kier alpha value is -2.31. The number of carbonyl (C=O) groups excluding carboxylic acids is 1. The molecule has 27 heavy (non-hydrogen) atoms. The highest BCUT2D eigenvalue weighted by molar-refractivity contribution is 7.99. The highest BCUT2D eigenvalue weighted by atomic mass is 35.5. The molecule has 1 atom stereocenters. The zero-order valence-corrected chi connectivity index (χ0v) is 16.7. The molecule has 0 aliphatic heterocycles. The van der Waals surface area contributed by atoms with Crippen molar-refractivity contribution in [3.8, 4) is 11.5 Å². The van der Waals surface area contributed by atoms with Gasteiger partial charge in [-0.1, -0.05) is 55.4 Å². The van der Waals surface area contributed by atoms with Gasteiger partial charge in [0.05, 0.1) is 5.75 Å². The Balaban J connectivity index is 1.54. The number of anilines is 1. The summed E-state index contributed by atoms with van der Waals surface area (Å²) in [5.41, 5.74) is 2.79. The van der Waals surface area contributed by atoms with E-state index in [9.17, 15) is 4.79 Å². The molecule has 2 aromatic carbocycles. The van der Waals surface area contributed by atoms with E-state index in [1.54, 1.807) is 12.1 Å². The monoisotopic (exact) mass is 401 g/mol. The SMILES string of the molecule is CC[C@H](C)c1ccc(NC(=O)CSc2nnc(-c3cccc(Cl)c3)o2)cc1. The fraction of sp³-hybridized carbons (Fsp3) is 0.250. The molecule has 0 spiro atoms. The number of carbonyl (C=O) groups is 1. The number of benzene rings is 2. The van der Waals surface area contributed by atoms with Gasteiger partial charge < -0.3 is 9.73 Å². The highest BCUT2D eigenvalue weighted by Gasteiger charge is 2.12. The zero-order chi connectivity index (χ0) is 19.2. The molecular weight excluding hydrogens is 382 g/mol. The van der Waals surface area contributed by atoms with Gasteiger partial charge in [0.2, 0.25) is 11.8 Å². The lowest BCUT2D eigenvalue weighted by Crippen LogP contribution is -2.14. The Morgan fingerprint density at radius 2 is 2.00 bits per heavy atom. The van der Waals surface area contributed by atoms with E-state index in [0.29, 0.717) is 22.1 Å². The van der Waals surface area contributed by atoms with Gasteiger partial charge in [-0.25, -0.2) is 0 Å². The molecule has 7 heteroatoms. The lowest BCUT2D eigenvalue weighted by Gasteiger charge is -2.10. The van der Waals surface area contributed by atoms with Crippen LogP contribution >= 0.6 is 23.4 Å². The van der Waals surface area contributed by atoms with Gasteiger partial charge in [-0.15, -0.1) is 10.2 Å². The number of nitrogens with one attached hydrogen (secondary N) is 1. The number of hydrogen-bond donors (Lipinski definition) is 1. The van der Waals surface area contributed by atoms with Crippen LogP contribution in [0.15, 0.2) is 58.2 Å². The summed E-state index contributed by atoms with van der Waals surface area (Å²) in [5, 5.41) is 11.8. The molecule has 0 unspecified atom stereocenters. The molecule has 1 N–H and O–H groups in total. The van der Waals surface area contributed by atoms with E-state index in [0.717, 1.165) is 17.7 Å². The summed E-state index contributed by atoms with van der Waals surface area (Å²) >= 11 is 7.16. The summed E-state index contributed by atoms with van der Waals surface area (Å²) in [6.45, 7) is 4.35. The third kappa shape index (κ3) is 5.34. The van der Waals surface area contributed by atoms with Crippen LogP contribution in [0.4, 0.5) is 5.69 Å². The lowest BCUT2D eigenvalue weighted by molar-refractivity contribution is -0.113. The third-order valence-electron chi connectivity index (χ3n) is 4.18. The molecule has 140 valence electrons. The van der Waals surface area contributed by atoms with E-state index < -0.39 is 0 Å². The van der Waals surface area contributed by atoms with Crippen LogP contribution in [0.25, 0.3) is 11.5 Å². The number of thioether (sulfide) groups is 1. The van der Waals surface area contributed by atoms with Gasteiger partial charge in [0.15, 0.2) is 0 Å². The number of halogens is 1. The number of hydrogen-bond acceptors (Lipinski definition) is 5. The van der Waals surface area contributed by atoms with Crippen LogP contribution in [-0.2, 0) is 4.79 Å². The summed E-state index contributed by atoms with van der Waals surface area (Å²) in [5.74, 6) is 0.945. The van der Waals surface area contributed by atoms with Gasteiger partial charge >= 0.3 is 0 Å². The van der Waals surface area contributed by atoms with Crippen molar-refractivity contribution >= 4 is 35.0 Å². The topological polar surface area (TPSA) is 68.0 Å². The first kappa shape index (κ1) is 19.5. The van der Waals surface area contributed by atoms with Crippen molar-refractivity contribution < 1.29 is 9.21 Å². The van der Waals surface area contributed by atoms with Gasteiger partial charge in [-0.3, -0.25) is 4.79 Å². The molecule has 1 aromatic heterocycles. The van der Waals surface area contributed by atoms with Crippen LogP contribution in [-0.4, -0.2) is 21.9 Å². The van der Waals surface area contributed by atoms with Crippen LogP contribution in [0.5, 0.6) is 0 Å². The summed E-state index contributed by atoms with van der Waals surface area (Å²) in [6.07, 6.45) is 1.09. The molecule has 0 fully saturated rings. The maximum Gasteiger partial charge on any atom is 0.277 e. The fourth-order valence-corrected chi connectivity index (χ4v) is 3.21. The minimum Gasteiger partial charge on any atom is -0.411 e. The Kier molecular flexibility index (Phi) is 6.53.